The van der Waals surface area contributed by atoms with E-state index in [-0.39, 0.29) is 29.0 Å². The van der Waals surface area contributed by atoms with Crippen LogP contribution in [0.5, 0.6) is 0 Å². The lowest BCUT2D eigenvalue weighted by molar-refractivity contribution is -0.385. The molecule has 0 radical (unpaired) electrons. The standard InChI is InChI=1S/C19H15N3O8/c23-10-9-20-16(13-3-1-2-4-14(13)22(29)30)15(18(25)19(20)26)17(24)11-5-7-12(8-6-11)21(27)28/h1-8,16,23-24H,9-10H2/t16-/m1/s1. The maximum Gasteiger partial charge on any atom is 0.295 e. The van der Waals surface area contributed by atoms with Crippen LogP contribution in [0, 0.1) is 20.2 Å². The molecule has 0 aliphatic carbocycles. The lowest BCUT2D eigenvalue weighted by Gasteiger charge is -2.24. The van der Waals surface area contributed by atoms with Crippen LogP contribution in [0.25, 0.3) is 5.76 Å². The molecule has 2 N–H and O–H groups in total. The first-order valence-electron chi connectivity index (χ1n) is 8.65. The van der Waals surface area contributed by atoms with E-state index in [4.69, 9.17) is 0 Å². The van der Waals surface area contributed by atoms with Gasteiger partial charge in [0, 0.05) is 30.3 Å². The predicted octanol–water partition coefficient (Wildman–Crippen LogP) is 1.92. The molecule has 30 heavy (non-hydrogen) atoms. The molecule has 1 aliphatic rings. The number of para-hydroxylation sites is 1. The highest BCUT2D eigenvalue weighted by Crippen LogP contribution is 2.42. The van der Waals surface area contributed by atoms with Gasteiger partial charge in [-0.15, -0.1) is 0 Å². The van der Waals surface area contributed by atoms with Gasteiger partial charge in [-0.05, 0) is 18.2 Å². The van der Waals surface area contributed by atoms with Gasteiger partial charge >= 0.3 is 0 Å². The molecule has 0 bridgehead atoms. The molecule has 0 aromatic heterocycles. The van der Waals surface area contributed by atoms with Gasteiger partial charge in [-0.25, -0.2) is 0 Å². The molecule has 1 atom stereocenters. The molecule has 1 saturated heterocycles. The molecule has 154 valence electrons. The number of nitro benzene ring substituents is 2. The Morgan fingerprint density at radius 1 is 1.00 bits per heavy atom. The molecule has 2 aromatic rings. The summed E-state index contributed by atoms with van der Waals surface area (Å²) < 4.78 is 0. The molecule has 11 heteroatoms. The van der Waals surface area contributed by atoms with Gasteiger partial charge in [0.25, 0.3) is 23.1 Å². The number of amides is 1. The van der Waals surface area contributed by atoms with Crippen LogP contribution in [0.15, 0.2) is 54.1 Å². The number of Topliss-reactive ketones (excluding diaryl/α,β-unsaturated/α-hetero) is 1. The Kier molecular flexibility index (Phi) is 5.56. The molecule has 0 spiro atoms. The van der Waals surface area contributed by atoms with Gasteiger partial charge in [0.15, 0.2) is 0 Å². The van der Waals surface area contributed by atoms with Crippen molar-refractivity contribution in [2.24, 2.45) is 0 Å². The summed E-state index contributed by atoms with van der Waals surface area (Å²) in [5, 5.41) is 42.4. The van der Waals surface area contributed by atoms with Crippen LogP contribution in [0.2, 0.25) is 0 Å². The summed E-state index contributed by atoms with van der Waals surface area (Å²) in [5.74, 6) is -2.75. The number of ketones is 1. The number of carbonyl (C=O) groups is 2. The van der Waals surface area contributed by atoms with Crippen molar-refractivity contribution in [1.29, 1.82) is 0 Å². The molecule has 1 heterocycles. The average Bonchev–Trinajstić information content (AvgIpc) is 2.98. The summed E-state index contributed by atoms with van der Waals surface area (Å²) in [4.78, 5) is 47.1. The third-order valence-electron chi connectivity index (χ3n) is 4.66. The number of likely N-dealkylation sites (tertiary alicyclic amines) is 1. The highest BCUT2D eigenvalue weighted by Gasteiger charge is 2.47. The van der Waals surface area contributed by atoms with Crippen molar-refractivity contribution in [2.45, 2.75) is 6.04 Å². The summed E-state index contributed by atoms with van der Waals surface area (Å²) in [6.07, 6.45) is 0. The first kappa shape index (κ1) is 20.6. The number of hydrogen-bond donors (Lipinski definition) is 2. The third kappa shape index (κ3) is 3.49. The Morgan fingerprint density at radius 3 is 2.20 bits per heavy atom. The largest absolute Gasteiger partial charge is 0.507 e. The van der Waals surface area contributed by atoms with Gasteiger partial charge in [0.2, 0.25) is 0 Å². The van der Waals surface area contributed by atoms with Gasteiger partial charge in [-0.1, -0.05) is 12.1 Å². The molecular formula is C19H15N3O8. The van der Waals surface area contributed by atoms with Crippen molar-refractivity contribution >= 4 is 28.8 Å². The molecule has 1 aliphatic heterocycles. The SMILES string of the molecule is O=C1C(=O)N(CCO)[C@H](c2ccccc2[N+](=O)[O-])C1=C(O)c1ccc([N+](=O)[O-])cc1. The van der Waals surface area contributed by atoms with Crippen LogP contribution >= 0.6 is 0 Å². The summed E-state index contributed by atoms with van der Waals surface area (Å²) in [7, 11) is 0. The smallest absolute Gasteiger partial charge is 0.295 e. The van der Waals surface area contributed by atoms with Crippen molar-refractivity contribution in [3.05, 3.63) is 85.5 Å². The number of carbonyl (C=O) groups excluding carboxylic acids is 2. The first-order valence-corrected chi connectivity index (χ1v) is 8.65. The van der Waals surface area contributed by atoms with Crippen molar-refractivity contribution in [1.82, 2.24) is 4.90 Å². The fourth-order valence-electron chi connectivity index (χ4n) is 3.32. The summed E-state index contributed by atoms with van der Waals surface area (Å²) in [6, 6.07) is 8.74. The Labute approximate surface area is 168 Å². The van der Waals surface area contributed by atoms with Crippen LogP contribution in [-0.4, -0.2) is 49.8 Å². The van der Waals surface area contributed by atoms with E-state index in [0.29, 0.717) is 0 Å². The second kappa shape index (κ2) is 8.09. The average molecular weight is 413 g/mol. The fourth-order valence-corrected chi connectivity index (χ4v) is 3.32. The number of nitrogens with zero attached hydrogens (tertiary/aromatic N) is 3. The van der Waals surface area contributed by atoms with E-state index in [1.165, 1.54) is 36.4 Å². The quantitative estimate of drug-likeness (QED) is 0.238. The van der Waals surface area contributed by atoms with Gasteiger partial charge < -0.3 is 15.1 Å². The second-order valence-electron chi connectivity index (χ2n) is 6.34. The summed E-state index contributed by atoms with van der Waals surface area (Å²) >= 11 is 0. The highest BCUT2D eigenvalue weighted by atomic mass is 16.6. The number of aliphatic hydroxyl groups excluding tert-OH is 2. The van der Waals surface area contributed by atoms with E-state index in [1.54, 1.807) is 0 Å². The van der Waals surface area contributed by atoms with Crippen LogP contribution < -0.4 is 0 Å². The minimum absolute atomic E-state index is 0.0152. The number of nitro groups is 2. The van der Waals surface area contributed by atoms with E-state index in [2.05, 4.69) is 0 Å². The monoisotopic (exact) mass is 413 g/mol. The third-order valence-corrected chi connectivity index (χ3v) is 4.66. The van der Waals surface area contributed by atoms with Gasteiger partial charge in [-0.2, -0.15) is 0 Å². The fraction of sp³-hybridized carbons (Fsp3) is 0.158. The van der Waals surface area contributed by atoms with E-state index in [1.807, 2.05) is 0 Å². The molecule has 3 rings (SSSR count). The van der Waals surface area contributed by atoms with Crippen molar-refractivity contribution in [3.63, 3.8) is 0 Å². The number of hydrogen-bond acceptors (Lipinski definition) is 8. The van der Waals surface area contributed by atoms with Crippen molar-refractivity contribution in [3.8, 4) is 0 Å². The van der Waals surface area contributed by atoms with E-state index in [9.17, 15) is 40.0 Å². The van der Waals surface area contributed by atoms with E-state index < -0.39 is 45.5 Å². The number of non-ortho nitro benzene ring substituents is 1. The normalized spacial score (nSPS) is 17.9. The Hall–Kier alpha value is -4.12. The van der Waals surface area contributed by atoms with Crippen molar-refractivity contribution < 1.29 is 29.6 Å². The Balaban J connectivity index is 2.23. The molecular weight excluding hydrogens is 398 g/mol. The first-order chi connectivity index (χ1) is 14.3. The zero-order chi connectivity index (χ0) is 22.0. The van der Waals surface area contributed by atoms with E-state index in [0.717, 1.165) is 17.0 Å². The van der Waals surface area contributed by atoms with E-state index >= 15 is 0 Å². The topological polar surface area (TPSA) is 164 Å². The predicted molar refractivity (Wildman–Crippen MR) is 102 cm³/mol. The number of β-amino-alcohol motifs (C(OH)–C–C–N with tert-alkyl or cyclic N) is 1. The maximum absolute atomic E-state index is 12.7. The Morgan fingerprint density at radius 2 is 1.63 bits per heavy atom. The molecule has 0 saturated carbocycles. The zero-order valence-corrected chi connectivity index (χ0v) is 15.3. The summed E-state index contributed by atoms with van der Waals surface area (Å²) in [6.45, 7) is -0.806. The minimum Gasteiger partial charge on any atom is -0.507 e. The number of aliphatic hydroxyl groups is 2. The molecule has 11 nitrogen and oxygen atoms in total. The van der Waals surface area contributed by atoms with Gasteiger partial charge in [0.05, 0.1) is 33.6 Å². The minimum atomic E-state index is -1.31. The Bertz CT molecular complexity index is 1080. The lowest BCUT2D eigenvalue weighted by atomic mass is 9.94. The zero-order valence-electron chi connectivity index (χ0n) is 15.3. The van der Waals surface area contributed by atoms with Crippen molar-refractivity contribution in [2.75, 3.05) is 13.2 Å². The van der Waals surface area contributed by atoms with Crippen LogP contribution in [-0.2, 0) is 9.59 Å². The maximum atomic E-state index is 12.7. The van der Waals surface area contributed by atoms with Crippen LogP contribution in [0.3, 0.4) is 0 Å². The van der Waals surface area contributed by atoms with Gasteiger partial charge in [-0.3, -0.25) is 29.8 Å². The summed E-state index contributed by atoms with van der Waals surface area (Å²) in [5.41, 5.74) is -1.02. The van der Waals surface area contributed by atoms with Crippen LogP contribution in [0.4, 0.5) is 11.4 Å². The molecule has 1 fully saturated rings. The highest BCUT2D eigenvalue weighted by molar-refractivity contribution is 6.46. The molecule has 2 aromatic carbocycles. The molecule has 1 amide bonds. The van der Waals surface area contributed by atoms with Gasteiger partial charge in [0.1, 0.15) is 5.76 Å². The second-order valence-corrected chi connectivity index (χ2v) is 6.34. The number of benzene rings is 2. The van der Waals surface area contributed by atoms with Crippen LogP contribution in [0.1, 0.15) is 17.2 Å². The molecule has 0 unspecified atom stereocenters. The lowest BCUT2D eigenvalue weighted by Crippen LogP contribution is -2.32. The number of rotatable bonds is 6.